The Kier molecular flexibility index (Phi) is 3.54. The average molecular weight is 226 g/mol. The van der Waals surface area contributed by atoms with E-state index in [1.165, 1.54) is 0 Å². The van der Waals surface area contributed by atoms with Crippen LogP contribution in [0.15, 0.2) is 24.3 Å². The maximum atomic E-state index is 13.1. The van der Waals surface area contributed by atoms with E-state index < -0.39 is 12.3 Å². The SMILES string of the molecule is OCc1ccccc1C(C(F)F)C1CCC1. The fourth-order valence-electron chi connectivity index (χ4n) is 2.40. The van der Waals surface area contributed by atoms with Gasteiger partial charge in [0.25, 0.3) is 0 Å². The van der Waals surface area contributed by atoms with Gasteiger partial charge in [-0.05, 0) is 29.9 Å². The molecular weight excluding hydrogens is 210 g/mol. The van der Waals surface area contributed by atoms with Gasteiger partial charge in [0.05, 0.1) is 6.61 Å². The molecule has 1 nitrogen and oxygen atoms in total. The number of hydrogen-bond donors (Lipinski definition) is 1. The van der Waals surface area contributed by atoms with Gasteiger partial charge in [-0.25, -0.2) is 8.78 Å². The molecule has 1 atom stereocenters. The number of halogens is 2. The third kappa shape index (κ3) is 2.09. The van der Waals surface area contributed by atoms with Gasteiger partial charge < -0.3 is 5.11 Å². The lowest BCUT2D eigenvalue weighted by Crippen LogP contribution is -2.26. The van der Waals surface area contributed by atoms with Crippen molar-refractivity contribution >= 4 is 0 Å². The predicted octanol–water partition coefficient (Wildman–Crippen LogP) is 3.33. The molecule has 1 aromatic rings. The van der Waals surface area contributed by atoms with Crippen molar-refractivity contribution in [3.05, 3.63) is 35.4 Å². The Morgan fingerprint density at radius 2 is 1.94 bits per heavy atom. The maximum absolute atomic E-state index is 13.1. The third-order valence-corrected chi connectivity index (χ3v) is 3.51. The zero-order valence-corrected chi connectivity index (χ0v) is 9.07. The van der Waals surface area contributed by atoms with E-state index in [0.29, 0.717) is 11.1 Å². The van der Waals surface area contributed by atoms with Crippen LogP contribution in [-0.2, 0) is 6.61 Å². The fourth-order valence-corrected chi connectivity index (χ4v) is 2.40. The number of rotatable bonds is 4. The Labute approximate surface area is 94.1 Å². The molecule has 0 bridgehead atoms. The van der Waals surface area contributed by atoms with Crippen LogP contribution in [0.4, 0.5) is 8.78 Å². The van der Waals surface area contributed by atoms with Crippen LogP contribution in [0.2, 0.25) is 0 Å². The van der Waals surface area contributed by atoms with Gasteiger partial charge in [0.1, 0.15) is 0 Å². The van der Waals surface area contributed by atoms with E-state index in [-0.39, 0.29) is 12.5 Å². The third-order valence-electron chi connectivity index (χ3n) is 3.51. The maximum Gasteiger partial charge on any atom is 0.245 e. The first-order valence-electron chi connectivity index (χ1n) is 5.71. The minimum Gasteiger partial charge on any atom is -0.392 e. The molecule has 1 saturated carbocycles. The molecule has 3 heteroatoms. The molecule has 0 spiro atoms. The smallest absolute Gasteiger partial charge is 0.245 e. The second-order valence-corrected chi connectivity index (χ2v) is 4.41. The summed E-state index contributed by atoms with van der Waals surface area (Å²) in [4.78, 5) is 0. The van der Waals surface area contributed by atoms with Gasteiger partial charge >= 0.3 is 0 Å². The van der Waals surface area contributed by atoms with Gasteiger partial charge in [-0.2, -0.15) is 0 Å². The van der Waals surface area contributed by atoms with E-state index in [0.717, 1.165) is 19.3 Å². The molecule has 1 N–H and O–H groups in total. The first-order chi connectivity index (χ1) is 7.74. The van der Waals surface area contributed by atoms with Crippen LogP contribution in [0.3, 0.4) is 0 Å². The van der Waals surface area contributed by atoms with E-state index in [4.69, 9.17) is 0 Å². The fraction of sp³-hybridized carbons (Fsp3) is 0.538. The number of aliphatic hydroxyl groups excluding tert-OH is 1. The van der Waals surface area contributed by atoms with Crippen molar-refractivity contribution in [3.8, 4) is 0 Å². The van der Waals surface area contributed by atoms with E-state index >= 15 is 0 Å². The molecule has 1 unspecified atom stereocenters. The summed E-state index contributed by atoms with van der Waals surface area (Å²) in [6.45, 7) is -0.161. The molecule has 1 aliphatic rings. The molecule has 1 aliphatic carbocycles. The van der Waals surface area contributed by atoms with Crippen molar-refractivity contribution in [1.82, 2.24) is 0 Å². The summed E-state index contributed by atoms with van der Waals surface area (Å²) < 4.78 is 26.2. The van der Waals surface area contributed by atoms with Crippen LogP contribution in [0.25, 0.3) is 0 Å². The monoisotopic (exact) mass is 226 g/mol. The van der Waals surface area contributed by atoms with E-state index in [2.05, 4.69) is 0 Å². The van der Waals surface area contributed by atoms with Gasteiger partial charge in [-0.15, -0.1) is 0 Å². The number of hydrogen-bond acceptors (Lipinski definition) is 1. The Morgan fingerprint density at radius 1 is 1.25 bits per heavy atom. The summed E-state index contributed by atoms with van der Waals surface area (Å²) in [5, 5.41) is 9.18. The highest BCUT2D eigenvalue weighted by atomic mass is 19.3. The molecule has 0 aliphatic heterocycles. The van der Waals surface area contributed by atoms with E-state index in [1.54, 1.807) is 24.3 Å². The van der Waals surface area contributed by atoms with Gasteiger partial charge in [-0.3, -0.25) is 0 Å². The number of benzene rings is 1. The first-order valence-corrected chi connectivity index (χ1v) is 5.71. The Bertz CT molecular complexity index is 348. The normalized spacial score (nSPS) is 18.5. The predicted molar refractivity (Wildman–Crippen MR) is 58.5 cm³/mol. The summed E-state index contributed by atoms with van der Waals surface area (Å²) >= 11 is 0. The van der Waals surface area contributed by atoms with Crippen LogP contribution in [0, 0.1) is 5.92 Å². The topological polar surface area (TPSA) is 20.2 Å². The summed E-state index contributed by atoms with van der Waals surface area (Å²) in [6.07, 6.45) is 0.483. The molecule has 0 radical (unpaired) electrons. The lowest BCUT2D eigenvalue weighted by Gasteiger charge is -2.34. The molecule has 0 amide bonds. The van der Waals surface area contributed by atoms with Gasteiger partial charge in [0.2, 0.25) is 6.43 Å². The van der Waals surface area contributed by atoms with Crippen LogP contribution in [0.1, 0.15) is 36.3 Å². The molecule has 16 heavy (non-hydrogen) atoms. The van der Waals surface area contributed by atoms with Crippen molar-refractivity contribution in [2.24, 2.45) is 5.92 Å². The molecule has 0 saturated heterocycles. The van der Waals surface area contributed by atoms with Gasteiger partial charge in [0, 0.05) is 5.92 Å². The minimum atomic E-state index is -2.34. The average Bonchev–Trinajstić information content (AvgIpc) is 2.22. The lowest BCUT2D eigenvalue weighted by molar-refractivity contribution is 0.0607. The highest BCUT2D eigenvalue weighted by Crippen LogP contribution is 2.43. The van der Waals surface area contributed by atoms with Crippen molar-refractivity contribution in [1.29, 1.82) is 0 Å². The highest BCUT2D eigenvalue weighted by molar-refractivity contribution is 5.31. The summed E-state index contributed by atoms with van der Waals surface area (Å²) in [5.74, 6) is -0.607. The van der Waals surface area contributed by atoms with Gasteiger partial charge in [-0.1, -0.05) is 30.7 Å². The van der Waals surface area contributed by atoms with E-state index in [9.17, 15) is 13.9 Å². The molecular formula is C13H16F2O. The second kappa shape index (κ2) is 4.91. The Hall–Kier alpha value is -0.960. The first kappa shape index (κ1) is 11.5. The summed E-state index contributed by atoms with van der Waals surface area (Å²) in [5.41, 5.74) is 1.27. The number of aliphatic hydroxyl groups is 1. The largest absolute Gasteiger partial charge is 0.392 e. The zero-order valence-electron chi connectivity index (χ0n) is 9.07. The lowest BCUT2D eigenvalue weighted by atomic mass is 9.72. The second-order valence-electron chi connectivity index (χ2n) is 4.41. The van der Waals surface area contributed by atoms with Crippen LogP contribution in [-0.4, -0.2) is 11.5 Å². The molecule has 88 valence electrons. The highest BCUT2D eigenvalue weighted by Gasteiger charge is 2.35. The Morgan fingerprint density at radius 3 is 2.44 bits per heavy atom. The zero-order chi connectivity index (χ0) is 11.5. The molecule has 1 fully saturated rings. The van der Waals surface area contributed by atoms with Crippen LogP contribution in [0.5, 0.6) is 0 Å². The van der Waals surface area contributed by atoms with Crippen molar-refractivity contribution < 1.29 is 13.9 Å². The number of alkyl halides is 2. The molecule has 2 rings (SSSR count). The molecule has 1 aromatic carbocycles. The Balaban J connectivity index is 2.30. The van der Waals surface area contributed by atoms with Crippen LogP contribution < -0.4 is 0 Å². The molecule has 0 aromatic heterocycles. The van der Waals surface area contributed by atoms with Crippen molar-refractivity contribution in [2.75, 3.05) is 0 Å². The summed E-state index contributed by atoms with van der Waals surface area (Å²) in [7, 11) is 0. The van der Waals surface area contributed by atoms with Crippen LogP contribution >= 0.6 is 0 Å². The summed E-state index contributed by atoms with van der Waals surface area (Å²) in [6, 6.07) is 6.99. The quantitative estimate of drug-likeness (QED) is 0.835. The molecule has 0 heterocycles. The van der Waals surface area contributed by atoms with Gasteiger partial charge in [0.15, 0.2) is 0 Å². The standard InChI is InChI=1S/C13H16F2O/c14-13(15)12(9-5-3-6-9)11-7-2-1-4-10(11)8-16/h1-2,4,7,9,12-13,16H,3,5-6,8H2. The minimum absolute atomic E-state index is 0.0905. The van der Waals surface area contributed by atoms with Crippen molar-refractivity contribution in [2.45, 2.75) is 38.2 Å². The van der Waals surface area contributed by atoms with Crippen molar-refractivity contribution in [3.63, 3.8) is 0 Å². The van der Waals surface area contributed by atoms with E-state index in [1.807, 2.05) is 0 Å².